The third kappa shape index (κ3) is 5.76. The van der Waals surface area contributed by atoms with Crippen LogP contribution in [0.15, 0.2) is 54.2 Å². The molecule has 0 atom stereocenters. The molecule has 1 aliphatic rings. The minimum absolute atomic E-state index is 0.130. The van der Waals surface area contributed by atoms with Crippen molar-refractivity contribution in [2.24, 2.45) is 0 Å². The Labute approximate surface area is 180 Å². The molecular formula is C23H23N3O5. The number of nitrogens with one attached hydrogen (secondary N) is 2. The Morgan fingerprint density at radius 1 is 1.19 bits per heavy atom. The van der Waals surface area contributed by atoms with Crippen LogP contribution < -0.4 is 20.1 Å². The lowest BCUT2D eigenvalue weighted by molar-refractivity contribution is -0.117. The number of carbonyl (C=O) groups is 2. The van der Waals surface area contributed by atoms with E-state index in [9.17, 15) is 14.9 Å². The zero-order valence-electron chi connectivity index (χ0n) is 17.1. The fourth-order valence-electron chi connectivity index (χ4n) is 2.80. The number of rotatable bonds is 9. The summed E-state index contributed by atoms with van der Waals surface area (Å²) < 4.78 is 15.8. The van der Waals surface area contributed by atoms with Gasteiger partial charge in [-0.05, 0) is 36.2 Å². The van der Waals surface area contributed by atoms with Crippen LogP contribution in [0, 0.1) is 11.3 Å². The lowest BCUT2D eigenvalue weighted by Crippen LogP contribution is -2.24. The molecule has 2 aromatic rings. The summed E-state index contributed by atoms with van der Waals surface area (Å²) in [6, 6.07) is 14.0. The summed E-state index contributed by atoms with van der Waals surface area (Å²) >= 11 is 0. The Morgan fingerprint density at radius 3 is 2.81 bits per heavy atom. The smallest absolute Gasteiger partial charge is 0.340 e. The Morgan fingerprint density at radius 2 is 2.00 bits per heavy atom. The number of nitrogens with zero attached hydrogens (tertiary/aromatic N) is 1. The molecule has 160 valence electrons. The highest BCUT2D eigenvalue weighted by Gasteiger charge is 2.15. The van der Waals surface area contributed by atoms with Crippen molar-refractivity contribution in [1.29, 1.82) is 5.26 Å². The summed E-state index contributed by atoms with van der Waals surface area (Å²) in [5, 5.41) is 14.9. The molecule has 8 nitrogen and oxygen atoms in total. The highest BCUT2D eigenvalue weighted by atomic mass is 16.7. The molecule has 0 unspecified atom stereocenters. The molecule has 2 N–H and O–H groups in total. The summed E-state index contributed by atoms with van der Waals surface area (Å²) in [6.07, 6.45) is 2.97. The molecule has 2 aromatic carbocycles. The molecule has 0 radical (unpaired) electrons. The average Bonchev–Trinajstić information content (AvgIpc) is 3.26. The van der Waals surface area contributed by atoms with Gasteiger partial charge in [-0.25, -0.2) is 4.79 Å². The van der Waals surface area contributed by atoms with E-state index >= 15 is 0 Å². The van der Waals surface area contributed by atoms with E-state index in [0.29, 0.717) is 29.4 Å². The first-order chi connectivity index (χ1) is 15.1. The maximum Gasteiger partial charge on any atom is 0.340 e. The van der Waals surface area contributed by atoms with E-state index in [1.165, 1.54) is 6.20 Å². The molecule has 1 amide bonds. The van der Waals surface area contributed by atoms with Crippen molar-refractivity contribution < 1.29 is 23.8 Å². The third-order valence-corrected chi connectivity index (χ3v) is 4.51. The van der Waals surface area contributed by atoms with Crippen molar-refractivity contribution in [3.05, 3.63) is 65.4 Å². The van der Waals surface area contributed by atoms with Gasteiger partial charge in [-0.3, -0.25) is 4.79 Å². The molecule has 0 fully saturated rings. The van der Waals surface area contributed by atoms with Crippen LogP contribution in [0.1, 0.15) is 35.7 Å². The number of esters is 1. The lowest BCUT2D eigenvalue weighted by Gasteiger charge is -2.10. The zero-order chi connectivity index (χ0) is 22.1. The minimum Gasteiger partial charge on any atom is -0.462 e. The molecular weight excluding hydrogens is 398 g/mol. The molecule has 0 bridgehead atoms. The molecule has 0 saturated heterocycles. The Bertz CT molecular complexity index is 1030. The fraction of sp³-hybridized carbons (Fsp3) is 0.261. The molecule has 0 aliphatic carbocycles. The van der Waals surface area contributed by atoms with Crippen molar-refractivity contribution in [3.63, 3.8) is 0 Å². The number of amides is 1. The van der Waals surface area contributed by atoms with Gasteiger partial charge in [0.05, 0.1) is 17.9 Å². The highest BCUT2D eigenvalue weighted by Crippen LogP contribution is 2.32. The fourth-order valence-corrected chi connectivity index (χ4v) is 2.80. The normalized spacial score (nSPS) is 12.1. The first kappa shape index (κ1) is 21.7. The second kappa shape index (κ2) is 10.7. The number of anilines is 1. The molecule has 1 aliphatic heterocycles. The van der Waals surface area contributed by atoms with Crippen molar-refractivity contribution in [1.82, 2.24) is 5.32 Å². The first-order valence-corrected chi connectivity index (χ1v) is 9.92. The van der Waals surface area contributed by atoms with Gasteiger partial charge in [-0.2, -0.15) is 5.26 Å². The van der Waals surface area contributed by atoms with Gasteiger partial charge in [0.1, 0.15) is 11.6 Å². The van der Waals surface area contributed by atoms with Crippen LogP contribution >= 0.6 is 0 Å². The van der Waals surface area contributed by atoms with Gasteiger partial charge in [0.15, 0.2) is 11.5 Å². The van der Waals surface area contributed by atoms with E-state index in [1.807, 2.05) is 19.1 Å². The minimum atomic E-state index is -0.546. The second-order valence-corrected chi connectivity index (χ2v) is 6.72. The van der Waals surface area contributed by atoms with Crippen molar-refractivity contribution in [2.75, 3.05) is 18.7 Å². The van der Waals surface area contributed by atoms with Gasteiger partial charge < -0.3 is 24.8 Å². The van der Waals surface area contributed by atoms with E-state index in [2.05, 4.69) is 10.6 Å². The average molecular weight is 421 g/mol. The number of unbranched alkanes of at least 4 members (excludes halogenated alkanes) is 1. The van der Waals surface area contributed by atoms with Crippen LogP contribution in [0.5, 0.6) is 11.5 Å². The predicted molar refractivity (Wildman–Crippen MR) is 113 cm³/mol. The predicted octanol–water partition coefficient (Wildman–Crippen LogP) is 3.51. The molecule has 3 rings (SSSR count). The zero-order valence-corrected chi connectivity index (χ0v) is 17.1. The van der Waals surface area contributed by atoms with Crippen LogP contribution in [0.3, 0.4) is 0 Å². The second-order valence-electron chi connectivity index (χ2n) is 6.72. The highest BCUT2D eigenvalue weighted by molar-refractivity contribution is 5.98. The summed E-state index contributed by atoms with van der Waals surface area (Å²) in [5.41, 5.74) is 1.45. The number of nitriles is 1. The number of hydrogen-bond acceptors (Lipinski definition) is 7. The van der Waals surface area contributed by atoms with Crippen LogP contribution in [0.25, 0.3) is 0 Å². The molecule has 0 spiro atoms. The van der Waals surface area contributed by atoms with E-state index in [4.69, 9.17) is 14.2 Å². The van der Waals surface area contributed by atoms with E-state index in [0.717, 1.165) is 18.4 Å². The molecule has 1 heterocycles. The van der Waals surface area contributed by atoms with Gasteiger partial charge in [0, 0.05) is 12.7 Å². The third-order valence-electron chi connectivity index (χ3n) is 4.51. The molecule has 0 aromatic heterocycles. The summed E-state index contributed by atoms with van der Waals surface area (Å²) in [7, 11) is 0. The summed E-state index contributed by atoms with van der Waals surface area (Å²) in [6.45, 7) is 2.74. The van der Waals surface area contributed by atoms with Gasteiger partial charge in [0.2, 0.25) is 6.79 Å². The van der Waals surface area contributed by atoms with Crippen LogP contribution in [-0.2, 0) is 16.1 Å². The van der Waals surface area contributed by atoms with E-state index < -0.39 is 11.9 Å². The van der Waals surface area contributed by atoms with Crippen LogP contribution in [0.4, 0.5) is 5.69 Å². The van der Waals surface area contributed by atoms with Gasteiger partial charge in [-0.15, -0.1) is 0 Å². The number of benzene rings is 2. The van der Waals surface area contributed by atoms with Crippen LogP contribution in [0.2, 0.25) is 0 Å². The number of para-hydroxylation sites is 1. The monoisotopic (exact) mass is 421 g/mol. The Hall–Kier alpha value is -3.99. The number of hydrogen-bond donors (Lipinski definition) is 2. The largest absolute Gasteiger partial charge is 0.462 e. The van der Waals surface area contributed by atoms with Crippen molar-refractivity contribution >= 4 is 17.6 Å². The van der Waals surface area contributed by atoms with Crippen LogP contribution in [-0.4, -0.2) is 25.3 Å². The number of carbonyl (C=O) groups excluding carboxylic acids is 2. The standard InChI is InChI=1S/C23H23N3O5/c1-2-3-10-29-23(28)18-6-4-5-7-19(18)25-14-17(12-24)22(27)26-13-16-8-9-20-21(11-16)31-15-30-20/h4-9,11,14,25H,2-3,10,13,15H2,1H3,(H,26,27)/b17-14-. The quantitative estimate of drug-likeness (QED) is 0.276. The summed E-state index contributed by atoms with van der Waals surface area (Å²) in [4.78, 5) is 24.7. The van der Waals surface area contributed by atoms with E-state index in [1.54, 1.807) is 36.4 Å². The first-order valence-electron chi connectivity index (χ1n) is 9.92. The Kier molecular flexibility index (Phi) is 7.49. The maximum atomic E-state index is 12.4. The van der Waals surface area contributed by atoms with Crippen molar-refractivity contribution in [2.45, 2.75) is 26.3 Å². The molecule has 31 heavy (non-hydrogen) atoms. The van der Waals surface area contributed by atoms with Gasteiger partial charge >= 0.3 is 5.97 Å². The Balaban J connectivity index is 1.62. The van der Waals surface area contributed by atoms with Gasteiger partial charge in [-0.1, -0.05) is 31.5 Å². The summed E-state index contributed by atoms with van der Waals surface area (Å²) in [5.74, 6) is 0.266. The molecule has 0 saturated carbocycles. The number of fused-ring (bicyclic) bond motifs is 1. The number of ether oxygens (including phenoxy) is 3. The van der Waals surface area contributed by atoms with E-state index in [-0.39, 0.29) is 18.9 Å². The SMILES string of the molecule is CCCCOC(=O)c1ccccc1N/C=C(/C#N)C(=O)NCc1ccc2c(c1)OCO2. The van der Waals surface area contributed by atoms with Crippen molar-refractivity contribution in [3.8, 4) is 17.6 Å². The topological polar surface area (TPSA) is 110 Å². The van der Waals surface area contributed by atoms with Gasteiger partial charge in [0.25, 0.3) is 5.91 Å². The maximum absolute atomic E-state index is 12.4. The lowest BCUT2D eigenvalue weighted by atomic mass is 10.1. The molecule has 8 heteroatoms.